The third-order valence-electron chi connectivity index (χ3n) is 4.79. The Morgan fingerprint density at radius 2 is 1.79 bits per heavy atom. The molecule has 24 heavy (non-hydrogen) atoms. The first-order chi connectivity index (χ1) is 11.6. The minimum atomic E-state index is -0.562. The number of nitriles is 1. The van der Waals surface area contributed by atoms with Crippen molar-refractivity contribution in [2.75, 3.05) is 0 Å². The number of nitrogens with one attached hydrogen (secondary N) is 1. The lowest BCUT2D eigenvalue weighted by Crippen LogP contribution is -2.42. The molecule has 1 aliphatic rings. The summed E-state index contributed by atoms with van der Waals surface area (Å²) >= 11 is 0. The summed E-state index contributed by atoms with van der Waals surface area (Å²) in [5, 5.41) is 13.3. The van der Waals surface area contributed by atoms with Crippen molar-refractivity contribution < 1.29 is 0 Å². The molecule has 0 spiro atoms. The normalized spacial score (nSPS) is 17.1. The van der Waals surface area contributed by atoms with Gasteiger partial charge in [-0.1, -0.05) is 66.2 Å². The second-order valence-corrected chi connectivity index (χ2v) is 6.90. The number of aryl methyl sites for hydroxylation is 1. The van der Waals surface area contributed by atoms with Gasteiger partial charge in [0.15, 0.2) is 0 Å². The Kier molecular flexibility index (Phi) is 4.83. The molecule has 2 atom stereocenters. The lowest BCUT2D eigenvalue weighted by molar-refractivity contribution is 0.391. The molecule has 2 heteroatoms. The van der Waals surface area contributed by atoms with Crippen LogP contribution in [0, 0.1) is 11.3 Å². The van der Waals surface area contributed by atoms with E-state index in [1.165, 1.54) is 22.3 Å². The molecule has 0 saturated carbocycles. The third kappa shape index (κ3) is 3.75. The molecule has 3 rings (SSSR count). The number of nitrogens with zero attached hydrogens (tertiary/aromatic N) is 1. The van der Waals surface area contributed by atoms with E-state index in [0.29, 0.717) is 0 Å². The quantitative estimate of drug-likeness (QED) is 0.839. The van der Waals surface area contributed by atoms with Crippen molar-refractivity contribution in [2.24, 2.45) is 0 Å². The van der Waals surface area contributed by atoms with E-state index in [2.05, 4.69) is 60.8 Å². The molecule has 2 aromatic rings. The first-order valence-electron chi connectivity index (χ1n) is 8.61. The molecule has 0 amide bonds. The van der Waals surface area contributed by atoms with Gasteiger partial charge in [-0.2, -0.15) is 5.26 Å². The summed E-state index contributed by atoms with van der Waals surface area (Å²) in [6, 6.07) is 21.5. The summed E-state index contributed by atoms with van der Waals surface area (Å²) in [7, 11) is 0. The third-order valence-corrected chi connectivity index (χ3v) is 4.79. The first-order valence-corrected chi connectivity index (χ1v) is 8.61. The van der Waals surface area contributed by atoms with Gasteiger partial charge in [0.25, 0.3) is 0 Å². The van der Waals surface area contributed by atoms with Crippen molar-refractivity contribution in [3.8, 4) is 6.07 Å². The van der Waals surface area contributed by atoms with Gasteiger partial charge in [0.2, 0.25) is 0 Å². The summed E-state index contributed by atoms with van der Waals surface area (Å²) in [6.45, 7) is 4.13. The SMILES string of the molecule is CC(NC(C)(C#N)CC1=Cc2ccccc2CC1)c1ccccc1. The van der Waals surface area contributed by atoms with Crippen LogP contribution < -0.4 is 5.32 Å². The van der Waals surface area contributed by atoms with E-state index < -0.39 is 5.54 Å². The predicted molar refractivity (Wildman–Crippen MR) is 99.4 cm³/mol. The van der Waals surface area contributed by atoms with Crippen molar-refractivity contribution in [1.82, 2.24) is 5.32 Å². The Morgan fingerprint density at radius 3 is 2.54 bits per heavy atom. The average Bonchev–Trinajstić information content (AvgIpc) is 2.62. The molecule has 2 nitrogen and oxygen atoms in total. The number of rotatable bonds is 5. The lowest BCUT2D eigenvalue weighted by atomic mass is 9.84. The molecule has 0 saturated heterocycles. The fraction of sp³-hybridized carbons (Fsp3) is 0.318. The summed E-state index contributed by atoms with van der Waals surface area (Å²) in [5.41, 5.74) is 4.71. The Balaban J connectivity index is 1.75. The molecule has 0 aromatic heterocycles. The molecule has 0 heterocycles. The number of hydrogen-bond acceptors (Lipinski definition) is 2. The topological polar surface area (TPSA) is 35.8 Å². The molecule has 0 radical (unpaired) electrons. The van der Waals surface area contributed by atoms with Crippen LogP contribution >= 0.6 is 0 Å². The van der Waals surface area contributed by atoms with Crippen LogP contribution in [0.1, 0.15) is 49.4 Å². The van der Waals surface area contributed by atoms with Gasteiger partial charge in [0, 0.05) is 6.04 Å². The highest BCUT2D eigenvalue weighted by molar-refractivity contribution is 5.59. The highest BCUT2D eigenvalue weighted by Crippen LogP contribution is 2.30. The van der Waals surface area contributed by atoms with Gasteiger partial charge >= 0.3 is 0 Å². The molecule has 0 bridgehead atoms. The molecule has 1 N–H and O–H groups in total. The zero-order chi connectivity index (χ0) is 17.0. The molecule has 2 aromatic carbocycles. The highest BCUT2D eigenvalue weighted by atomic mass is 15.0. The van der Waals surface area contributed by atoms with E-state index in [4.69, 9.17) is 0 Å². The largest absolute Gasteiger partial charge is 0.293 e. The van der Waals surface area contributed by atoms with Crippen molar-refractivity contribution in [3.05, 3.63) is 76.9 Å². The van der Waals surface area contributed by atoms with Crippen molar-refractivity contribution in [3.63, 3.8) is 0 Å². The second-order valence-electron chi connectivity index (χ2n) is 6.90. The molecule has 1 aliphatic carbocycles. The van der Waals surface area contributed by atoms with E-state index in [0.717, 1.165) is 19.3 Å². The van der Waals surface area contributed by atoms with Gasteiger partial charge in [-0.25, -0.2) is 0 Å². The first kappa shape index (κ1) is 16.5. The average molecular weight is 316 g/mol. The van der Waals surface area contributed by atoms with Crippen molar-refractivity contribution in [2.45, 2.75) is 44.7 Å². The maximum Gasteiger partial charge on any atom is 0.108 e. The highest BCUT2D eigenvalue weighted by Gasteiger charge is 2.28. The fourth-order valence-electron chi connectivity index (χ4n) is 3.51. The van der Waals surface area contributed by atoms with Crippen LogP contribution in [0.15, 0.2) is 60.2 Å². The molecule has 122 valence electrons. The van der Waals surface area contributed by atoms with Crippen LogP contribution in [-0.2, 0) is 6.42 Å². The number of benzene rings is 2. The number of hydrogen-bond donors (Lipinski definition) is 1. The molecule has 0 fully saturated rings. The minimum Gasteiger partial charge on any atom is -0.293 e. The summed E-state index contributed by atoms with van der Waals surface area (Å²) in [5.74, 6) is 0. The maximum atomic E-state index is 9.77. The van der Waals surface area contributed by atoms with Crippen LogP contribution in [0.2, 0.25) is 0 Å². The van der Waals surface area contributed by atoms with Crippen LogP contribution in [0.5, 0.6) is 0 Å². The molecule has 0 aliphatic heterocycles. The Bertz CT molecular complexity index is 770. The molecular weight excluding hydrogens is 292 g/mol. The van der Waals surface area contributed by atoms with E-state index >= 15 is 0 Å². The summed E-state index contributed by atoms with van der Waals surface area (Å²) in [4.78, 5) is 0. The summed E-state index contributed by atoms with van der Waals surface area (Å²) < 4.78 is 0. The maximum absolute atomic E-state index is 9.77. The van der Waals surface area contributed by atoms with Crippen LogP contribution in [-0.4, -0.2) is 5.54 Å². The zero-order valence-corrected chi connectivity index (χ0v) is 14.4. The molecule has 2 unspecified atom stereocenters. The van der Waals surface area contributed by atoms with Crippen LogP contribution in [0.4, 0.5) is 0 Å². The standard InChI is InChI=1S/C22H24N2/c1-17(19-8-4-3-5-9-19)24-22(2,16-23)15-18-12-13-20-10-6-7-11-21(20)14-18/h3-11,14,17,24H,12-13,15H2,1-2H3. The van der Waals surface area contributed by atoms with E-state index in [-0.39, 0.29) is 6.04 Å². The smallest absolute Gasteiger partial charge is 0.108 e. The van der Waals surface area contributed by atoms with E-state index in [1.54, 1.807) is 0 Å². The zero-order valence-electron chi connectivity index (χ0n) is 14.4. The lowest BCUT2D eigenvalue weighted by Gasteiger charge is -2.30. The van der Waals surface area contributed by atoms with E-state index in [9.17, 15) is 5.26 Å². The van der Waals surface area contributed by atoms with Gasteiger partial charge in [0.1, 0.15) is 5.54 Å². The second kappa shape index (κ2) is 7.03. The van der Waals surface area contributed by atoms with Crippen molar-refractivity contribution in [1.29, 1.82) is 5.26 Å². The predicted octanol–water partition coefficient (Wildman–Crippen LogP) is 5.04. The monoisotopic (exact) mass is 316 g/mol. The van der Waals surface area contributed by atoms with Crippen LogP contribution in [0.3, 0.4) is 0 Å². The Morgan fingerprint density at radius 1 is 1.08 bits per heavy atom. The van der Waals surface area contributed by atoms with Crippen LogP contribution in [0.25, 0.3) is 6.08 Å². The number of fused-ring (bicyclic) bond motifs is 1. The van der Waals surface area contributed by atoms with Gasteiger partial charge in [0.05, 0.1) is 6.07 Å². The Labute approximate surface area is 144 Å². The minimum absolute atomic E-state index is 0.146. The molecular formula is C22H24N2. The van der Waals surface area contributed by atoms with Gasteiger partial charge < -0.3 is 0 Å². The summed E-state index contributed by atoms with van der Waals surface area (Å²) in [6.07, 6.45) is 5.13. The fourth-order valence-corrected chi connectivity index (χ4v) is 3.51. The van der Waals surface area contributed by atoms with Gasteiger partial charge in [-0.3, -0.25) is 5.32 Å². The van der Waals surface area contributed by atoms with Gasteiger partial charge in [-0.05, 0) is 49.8 Å². The van der Waals surface area contributed by atoms with E-state index in [1.807, 2.05) is 25.1 Å². The van der Waals surface area contributed by atoms with Gasteiger partial charge in [-0.15, -0.1) is 0 Å². The van der Waals surface area contributed by atoms with Crippen molar-refractivity contribution >= 4 is 6.08 Å². The Hall–Kier alpha value is -2.37.